The van der Waals surface area contributed by atoms with Crippen molar-refractivity contribution in [1.29, 1.82) is 0 Å². The molecule has 0 saturated carbocycles. The van der Waals surface area contributed by atoms with Crippen molar-refractivity contribution in [3.8, 4) is 0 Å². The molecule has 0 saturated heterocycles. The van der Waals surface area contributed by atoms with Gasteiger partial charge in [0.15, 0.2) is 0 Å². The number of rotatable bonds is 5. The van der Waals surface area contributed by atoms with Gasteiger partial charge in [-0.3, -0.25) is 5.32 Å². The van der Waals surface area contributed by atoms with Gasteiger partial charge < -0.3 is 4.74 Å². The lowest BCUT2D eigenvalue weighted by Crippen LogP contribution is -2.51. The van der Waals surface area contributed by atoms with Crippen molar-refractivity contribution in [3.63, 3.8) is 0 Å². The third-order valence-electron chi connectivity index (χ3n) is 4.58. The van der Waals surface area contributed by atoms with Crippen LogP contribution in [0.5, 0.6) is 0 Å². The summed E-state index contributed by atoms with van der Waals surface area (Å²) in [4.78, 5) is 1.38. The first-order chi connectivity index (χ1) is 11.3. The van der Waals surface area contributed by atoms with E-state index in [0.29, 0.717) is 0 Å². The molecule has 1 N–H and O–H groups in total. The summed E-state index contributed by atoms with van der Waals surface area (Å²) in [6.07, 6.45) is 1.05. The Morgan fingerprint density at radius 1 is 1.09 bits per heavy atom. The number of fused-ring (bicyclic) bond motifs is 1. The van der Waals surface area contributed by atoms with Crippen LogP contribution in [0, 0.1) is 0 Å². The zero-order valence-corrected chi connectivity index (χ0v) is 14.7. The van der Waals surface area contributed by atoms with E-state index in [9.17, 15) is 0 Å². The first kappa shape index (κ1) is 16.6. The van der Waals surface area contributed by atoms with Crippen LogP contribution in [0.25, 0.3) is 0 Å². The topological polar surface area (TPSA) is 21.3 Å². The number of nitrogens with one attached hydrogen (secondary N) is 1. The summed E-state index contributed by atoms with van der Waals surface area (Å²) < 4.78 is 5.83. The van der Waals surface area contributed by atoms with Crippen molar-refractivity contribution in [1.82, 2.24) is 5.32 Å². The van der Waals surface area contributed by atoms with Gasteiger partial charge in [0.1, 0.15) is 0 Å². The average molecular weight is 327 g/mol. The second-order valence-corrected chi connectivity index (χ2v) is 7.10. The van der Waals surface area contributed by atoms with E-state index in [4.69, 9.17) is 4.74 Å². The predicted molar refractivity (Wildman–Crippen MR) is 98.1 cm³/mol. The van der Waals surface area contributed by atoms with Gasteiger partial charge >= 0.3 is 0 Å². The van der Waals surface area contributed by atoms with Crippen molar-refractivity contribution in [2.24, 2.45) is 0 Å². The summed E-state index contributed by atoms with van der Waals surface area (Å²) in [7, 11) is 0. The maximum Gasteiger partial charge on any atom is 0.0656 e. The Kier molecular flexibility index (Phi) is 5.42. The van der Waals surface area contributed by atoms with Crippen LogP contribution in [0.1, 0.15) is 37.4 Å². The first-order valence-electron chi connectivity index (χ1n) is 8.40. The number of ether oxygens (including phenoxy) is 1. The molecule has 0 aliphatic carbocycles. The van der Waals surface area contributed by atoms with Crippen LogP contribution < -0.4 is 5.32 Å². The molecule has 2 atom stereocenters. The van der Waals surface area contributed by atoms with Crippen molar-refractivity contribution in [2.75, 3.05) is 19.0 Å². The predicted octanol–water partition coefficient (Wildman–Crippen LogP) is 4.66. The number of thioether (sulfide) groups is 1. The molecule has 0 amide bonds. The van der Waals surface area contributed by atoms with Crippen LogP contribution in [-0.2, 0) is 4.74 Å². The molecule has 0 fully saturated rings. The van der Waals surface area contributed by atoms with E-state index in [2.05, 4.69) is 73.8 Å². The maximum absolute atomic E-state index is 5.83. The third-order valence-corrected chi connectivity index (χ3v) is 5.96. The van der Waals surface area contributed by atoms with Crippen molar-refractivity contribution in [3.05, 3.63) is 65.7 Å². The highest BCUT2D eigenvalue weighted by atomic mass is 32.2. The minimum Gasteiger partial charge on any atom is -0.380 e. The zero-order chi connectivity index (χ0) is 16.1. The molecule has 2 aromatic rings. The molecule has 1 heterocycles. The van der Waals surface area contributed by atoms with Gasteiger partial charge in [0.05, 0.1) is 18.2 Å². The normalized spacial score (nSPS) is 24.0. The van der Waals surface area contributed by atoms with Crippen LogP contribution in [0.15, 0.2) is 59.5 Å². The van der Waals surface area contributed by atoms with Gasteiger partial charge in [0.25, 0.3) is 0 Å². The molecule has 0 unspecified atom stereocenters. The summed E-state index contributed by atoms with van der Waals surface area (Å²) in [5.74, 6) is 1.03. The van der Waals surface area contributed by atoms with Crippen molar-refractivity contribution in [2.45, 2.75) is 36.7 Å². The average Bonchev–Trinajstić information content (AvgIpc) is 2.79. The van der Waals surface area contributed by atoms with E-state index < -0.39 is 0 Å². The van der Waals surface area contributed by atoms with E-state index in [1.807, 2.05) is 11.8 Å². The van der Waals surface area contributed by atoms with Gasteiger partial charge in [-0.15, -0.1) is 11.8 Å². The van der Waals surface area contributed by atoms with Crippen LogP contribution >= 0.6 is 11.8 Å². The molecule has 1 aliphatic rings. The summed E-state index contributed by atoms with van der Waals surface area (Å²) in [5, 5.41) is 3.94. The van der Waals surface area contributed by atoms with Crippen molar-refractivity contribution < 1.29 is 4.74 Å². The fourth-order valence-corrected chi connectivity index (χ4v) is 4.42. The number of benzene rings is 2. The Hall–Kier alpha value is -1.29. The highest BCUT2D eigenvalue weighted by molar-refractivity contribution is 7.99. The molecule has 122 valence electrons. The second kappa shape index (κ2) is 7.52. The SMILES string of the molecule is CCOC[C@]1(CC)CSc2ccccc2[C@H](c2ccccc2)N1. The molecule has 3 rings (SSSR count). The molecule has 0 aromatic heterocycles. The minimum atomic E-state index is 0.000203. The molecule has 0 spiro atoms. The molecule has 3 heteroatoms. The van der Waals surface area contributed by atoms with Crippen molar-refractivity contribution >= 4 is 11.8 Å². The highest BCUT2D eigenvalue weighted by Crippen LogP contribution is 2.39. The Morgan fingerprint density at radius 2 is 1.83 bits per heavy atom. The van der Waals surface area contributed by atoms with E-state index in [1.165, 1.54) is 16.0 Å². The van der Waals surface area contributed by atoms with E-state index in [-0.39, 0.29) is 11.6 Å². The van der Waals surface area contributed by atoms with Gasteiger partial charge in [-0.25, -0.2) is 0 Å². The summed E-state index contributed by atoms with van der Waals surface area (Å²) >= 11 is 1.95. The molecule has 0 bridgehead atoms. The third kappa shape index (κ3) is 3.63. The van der Waals surface area contributed by atoms with Crippen LogP contribution in [0.4, 0.5) is 0 Å². The van der Waals surface area contributed by atoms with E-state index in [1.54, 1.807) is 0 Å². The summed E-state index contributed by atoms with van der Waals surface area (Å²) in [5.41, 5.74) is 2.69. The van der Waals surface area contributed by atoms with Gasteiger partial charge in [-0.2, -0.15) is 0 Å². The number of hydrogen-bond acceptors (Lipinski definition) is 3. The monoisotopic (exact) mass is 327 g/mol. The quantitative estimate of drug-likeness (QED) is 0.863. The van der Waals surface area contributed by atoms with E-state index in [0.717, 1.165) is 25.4 Å². The summed E-state index contributed by atoms with van der Waals surface area (Å²) in [6, 6.07) is 19.7. The lowest BCUT2D eigenvalue weighted by Gasteiger charge is -2.35. The van der Waals surface area contributed by atoms with Crippen LogP contribution in [0.2, 0.25) is 0 Å². The maximum atomic E-state index is 5.83. The second-order valence-electron chi connectivity index (χ2n) is 6.09. The fourth-order valence-electron chi connectivity index (χ4n) is 3.09. The standard InChI is InChI=1S/C20H25NOS/c1-3-20(14-22-4-2)15-23-18-13-9-8-12-17(18)19(21-20)16-10-6-5-7-11-16/h5-13,19,21H,3-4,14-15H2,1-2H3/t19-,20+/m0/s1. The Morgan fingerprint density at radius 3 is 2.57 bits per heavy atom. The molecular formula is C20H25NOS. The first-order valence-corrected chi connectivity index (χ1v) is 9.38. The van der Waals surface area contributed by atoms with Gasteiger partial charge in [0, 0.05) is 17.3 Å². The smallest absolute Gasteiger partial charge is 0.0656 e. The fraction of sp³-hybridized carbons (Fsp3) is 0.400. The number of hydrogen-bond donors (Lipinski definition) is 1. The molecule has 1 aliphatic heterocycles. The summed E-state index contributed by atoms with van der Waals surface area (Å²) in [6.45, 7) is 5.84. The molecule has 0 radical (unpaired) electrons. The molecular weight excluding hydrogens is 302 g/mol. The van der Waals surface area contributed by atoms with Crippen LogP contribution in [-0.4, -0.2) is 24.5 Å². The lowest BCUT2D eigenvalue weighted by atomic mass is 9.92. The molecule has 23 heavy (non-hydrogen) atoms. The van der Waals surface area contributed by atoms with E-state index >= 15 is 0 Å². The van der Waals surface area contributed by atoms with Gasteiger partial charge in [-0.1, -0.05) is 55.5 Å². The minimum absolute atomic E-state index is 0.000203. The van der Waals surface area contributed by atoms with Gasteiger partial charge in [0.2, 0.25) is 0 Å². The Labute approximate surface area is 143 Å². The lowest BCUT2D eigenvalue weighted by molar-refractivity contribution is 0.0807. The largest absolute Gasteiger partial charge is 0.380 e. The molecule has 2 nitrogen and oxygen atoms in total. The Balaban J connectivity index is 2.01. The zero-order valence-electron chi connectivity index (χ0n) is 13.9. The van der Waals surface area contributed by atoms with Crippen LogP contribution in [0.3, 0.4) is 0 Å². The molecule has 2 aromatic carbocycles. The Bertz CT molecular complexity index is 631. The highest BCUT2D eigenvalue weighted by Gasteiger charge is 2.35. The van der Waals surface area contributed by atoms with Gasteiger partial charge in [-0.05, 0) is 30.5 Å².